The van der Waals surface area contributed by atoms with Crippen molar-refractivity contribution < 1.29 is 9.53 Å². The summed E-state index contributed by atoms with van der Waals surface area (Å²) in [4.78, 5) is 17.3. The second-order valence-corrected chi connectivity index (χ2v) is 7.05. The Kier molecular flexibility index (Phi) is 4.21. The molecule has 4 aromatic rings. The molecular weight excluding hydrogens is 354 g/mol. The van der Waals surface area contributed by atoms with Gasteiger partial charge in [-0.25, -0.2) is 0 Å². The number of amides is 1. The van der Waals surface area contributed by atoms with E-state index in [4.69, 9.17) is 4.74 Å². The molecule has 1 N–H and O–H groups in total. The van der Waals surface area contributed by atoms with Crippen LogP contribution in [-0.2, 0) is 11.2 Å². The molecular formula is C21H19N5O2. The highest BCUT2D eigenvalue weighted by atomic mass is 16.5. The lowest BCUT2D eigenvalue weighted by molar-refractivity contribution is 0.0926. The van der Waals surface area contributed by atoms with Gasteiger partial charge in [0, 0.05) is 23.7 Å². The van der Waals surface area contributed by atoms with Crippen molar-refractivity contribution in [1.29, 1.82) is 0 Å². The highest BCUT2D eigenvalue weighted by Gasteiger charge is 2.31. The molecule has 1 saturated heterocycles. The van der Waals surface area contributed by atoms with Crippen molar-refractivity contribution in [3.63, 3.8) is 0 Å². The molecule has 1 aromatic carbocycles. The normalized spacial score (nSPS) is 19.3. The van der Waals surface area contributed by atoms with Gasteiger partial charge in [-0.3, -0.25) is 14.2 Å². The van der Waals surface area contributed by atoms with Gasteiger partial charge in [0.05, 0.1) is 30.3 Å². The van der Waals surface area contributed by atoms with Crippen LogP contribution < -0.4 is 5.32 Å². The van der Waals surface area contributed by atoms with Crippen molar-refractivity contribution in [3.8, 4) is 0 Å². The third-order valence-electron chi connectivity index (χ3n) is 5.30. The van der Waals surface area contributed by atoms with Crippen LogP contribution in [0.2, 0.25) is 0 Å². The molecule has 3 aromatic heterocycles. The molecule has 0 bridgehead atoms. The van der Waals surface area contributed by atoms with E-state index in [9.17, 15) is 4.79 Å². The van der Waals surface area contributed by atoms with Crippen LogP contribution in [-0.4, -0.2) is 44.7 Å². The number of fused-ring (bicyclic) bond motifs is 2. The van der Waals surface area contributed by atoms with Crippen LogP contribution in [0.4, 0.5) is 0 Å². The molecule has 0 aliphatic carbocycles. The number of rotatable bonds is 4. The van der Waals surface area contributed by atoms with E-state index in [2.05, 4.69) is 32.6 Å². The van der Waals surface area contributed by atoms with Gasteiger partial charge in [-0.2, -0.15) is 0 Å². The fraction of sp³-hybridized carbons (Fsp3) is 0.238. The quantitative estimate of drug-likeness (QED) is 0.593. The molecule has 1 fully saturated rings. The van der Waals surface area contributed by atoms with Gasteiger partial charge in [0.15, 0.2) is 5.65 Å². The van der Waals surface area contributed by atoms with Crippen LogP contribution in [0.25, 0.3) is 16.6 Å². The number of aromatic nitrogens is 4. The molecule has 1 aliphatic heterocycles. The Morgan fingerprint density at radius 3 is 3.07 bits per heavy atom. The zero-order valence-corrected chi connectivity index (χ0v) is 15.2. The van der Waals surface area contributed by atoms with Crippen LogP contribution >= 0.6 is 0 Å². The lowest BCUT2D eigenvalue weighted by Crippen LogP contribution is -2.40. The summed E-state index contributed by atoms with van der Waals surface area (Å²) in [5.41, 5.74) is 3.27. The monoisotopic (exact) mass is 373 g/mol. The summed E-state index contributed by atoms with van der Waals surface area (Å²) >= 11 is 0. The number of nitrogens with one attached hydrogen (secondary N) is 1. The van der Waals surface area contributed by atoms with Crippen molar-refractivity contribution in [1.82, 2.24) is 24.9 Å². The summed E-state index contributed by atoms with van der Waals surface area (Å²) in [7, 11) is 0. The highest BCUT2D eigenvalue weighted by molar-refractivity contribution is 5.99. The van der Waals surface area contributed by atoms with Crippen molar-refractivity contribution in [2.24, 2.45) is 5.92 Å². The molecule has 0 unspecified atom stereocenters. The maximum Gasteiger partial charge on any atom is 0.255 e. The van der Waals surface area contributed by atoms with Crippen LogP contribution in [0, 0.1) is 5.92 Å². The zero-order chi connectivity index (χ0) is 18.9. The number of ether oxygens (including phenoxy) is 1. The predicted octanol–water partition coefficient (Wildman–Crippen LogP) is 2.26. The van der Waals surface area contributed by atoms with Crippen molar-refractivity contribution in [3.05, 3.63) is 72.3 Å². The van der Waals surface area contributed by atoms with E-state index in [-0.39, 0.29) is 17.9 Å². The topological polar surface area (TPSA) is 81.4 Å². The van der Waals surface area contributed by atoms with E-state index in [1.165, 1.54) is 5.56 Å². The molecule has 140 valence electrons. The second kappa shape index (κ2) is 7.01. The van der Waals surface area contributed by atoms with Crippen LogP contribution in [0.3, 0.4) is 0 Å². The number of nitrogens with zero attached hydrogens (tertiary/aromatic N) is 4. The number of hydrogen-bond donors (Lipinski definition) is 1. The molecule has 28 heavy (non-hydrogen) atoms. The maximum atomic E-state index is 12.9. The molecule has 1 amide bonds. The Morgan fingerprint density at radius 2 is 2.11 bits per heavy atom. The van der Waals surface area contributed by atoms with E-state index >= 15 is 0 Å². The van der Waals surface area contributed by atoms with Crippen LogP contribution in [0.1, 0.15) is 15.9 Å². The predicted molar refractivity (Wildman–Crippen MR) is 104 cm³/mol. The lowest BCUT2D eigenvalue weighted by atomic mass is 9.93. The van der Waals surface area contributed by atoms with E-state index in [1.54, 1.807) is 16.8 Å². The number of carbonyl (C=O) groups excluding carboxylic acids is 1. The molecule has 1 aliphatic rings. The highest BCUT2D eigenvalue weighted by Crippen LogP contribution is 2.24. The summed E-state index contributed by atoms with van der Waals surface area (Å²) in [5.74, 6) is 0.0473. The van der Waals surface area contributed by atoms with Gasteiger partial charge >= 0.3 is 0 Å². The smallest absolute Gasteiger partial charge is 0.255 e. The van der Waals surface area contributed by atoms with Gasteiger partial charge in [-0.05, 0) is 36.2 Å². The van der Waals surface area contributed by atoms with E-state index in [0.717, 1.165) is 17.3 Å². The lowest BCUT2D eigenvalue weighted by Gasteiger charge is -2.20. The molecule has 0 spiro atoms. The van der Waals surface area contributed by atoms with Crippen molar-refractivity contribution in [2.75, 3.05) is 13.2 Å². The van der Waals surface area contributed by atoms with Gasteiger partial charge in [0.2, 0.25) is 0 Å². The van der Waals surface area contributed by atoms with E-state index in [0.29, 0.717) is 24.4 Å². The van der Waals surface area contributed by atoms with Gasteiger partial charge in [0.25, 0.3) is 5.91 Å². The third kappa shape index (κ3) is 2.99. The fourth-order valence-electron chi connectivity index (χ4n) is 3.85. The molecule has 0 radical (unpaired) electrons. The molecule has 2 atom stereocenters. The zero-order valence-electron chi connectivity index (χ0n) is 15.2. The van der Waals surface area contributed by atoms with Crippen molar-refractivity contribution >= 4 is 22.5 Å². The Labute approximate surface area is 161 Å². The molecule has 5 rings (SSSR count). The van der Waals surface area contributed by atoms with Gasteiger partial charge in [0.1, 0.15) is 6.33 Å². The average Bonchev–Trinajstić information content (AvgIpc) is 3.37. The maximum absolute atomic E-state index is 12.9. The van der Waals surface area contributed by atoms with Gasteiger partial charge < -0.3 is 10.1 Å². The summed E-state index contributed by atoms with van der Waals surface area (Å²) < 4.78 is 7.44. The first-order chi connectivity index (χ1) is 13.8. The minimum Gasteiger partial charge on any atom is -0.379 e. The number of carbonyl (C=O) groups is 1. The third-order valence-corrected chi connectivity index (χ3v) is 5.30. The first-order valence-electron chi connectivity index (χ1n) is 9.29. The summed E-state index contributed by atoms with van der Waals surface area (Å²) in [6.45, 7) is 1.13. The SMILES string of the molecule is O=C(N[C@H]1COC[C@H]1Cc1ccnc2ccccc12)c1cccn2cnnc12. The summed E-state index contributed by atoms with van der Waals surface area (Å²) in [5, 5.41) is 12.2. The largest absolute Gasteiger partial charge is 0.379 e. The molecule has 7 heteroatoms. The Hall–Kier alpha value is -3.32. The first kappa shape index (κ1) is 16.8. The number of benzene rings is 1. The number of para-hydroxylation sites is 1. The Balaban J connectivity index is 1.37. The minimum atomic E-state index is -0.154. The van der Waals surface area contributed by atoms with Crippen LogP contribution in [0.15, 0.2) is 61.2 Å². The first-order valence-corrected chi connectivity index (χ1v) is 9.29. The molecule has 0 saturated carbocycles. The van der Waals surface area contributed by atoms with Gasteiger partial charge in [-0.15, -0.1) is 10.2 Å². The minimum absolute atomic E-state index is 0.0531. The standard InChI is InChI=1S/C21H19N5O2/c27-21(17-5-3-9-26-13-23-25-20(17)26)24-19-12-28-11-15(19)10-14-7-8-22-18-6-2-1-4-16(14)18/h1-9,13,15,19H,10-12H2,(H,24,27)/t15-,19+/m1/s1. The van der Waals surface area contributed by atoms with Gasteiger partial charge in [-0.1, -0.05) is 18.2 Å². The fourth-order valence-corrected chi connectivity index (χ4v) is 3.85. The van der Waals surface area contributed by atoms with E-state index < -0.39 is 0 Å². The summed E-state index contributed by atoms with van der Waals surface area (Å²) in [6, 6.07) is 13.7. The van der Waals surface area contributed by atoms with E-state index in [1.807, 2.05) is 36.7 Å². The van der Waals surface area contributed by atoms with Crippen LogP contribution in [0.5, 0.6) is 0 Å². The Bertz CT molecular complexity index is 1150. The average molecular weight is 373 g/mol. The Morgan fingerprint density at radius 1 is 1.18 bits per heavy atom. The second-order valence-electron chi connectivity index (χ2n) is 7.05. The number of pyridine rings is 2. The summed E-state index contributed by atoms with van der Waals surface area (Å²) in [6.07, 6.45) is 6.07. The van der Waals surface area contributed by atoms with Crippen molar-refractivity contribution in [2.45, 2.75) is 12.5 Å². The molecule has 7 nitrogen and oxygen atoms in total. The number of hydrogen-bond acceptors (Lipinski definition) is 5. The molecule has 4 heterocycles.